The van der Waals surface area contributed by atoms with Gasteiger partial charge in [0.1, 0.15) is 18.5 Å². The molecule has 0 spiro atoms. The van der Waals surface area contributed by atoms with Crippen LogP contribution in [0.3, 0.4) is 0 Å². The largest absolute Gasteiger partial charge is 0.491 e. The van der Waals surface area contributed by atoms with Crippen LogP contribution >= 0.6 is 23.2 Å². The maximum Gasteiger partial charge on any atom is 0.121 e. The topological polar surface area (TPSA) is 50.7 Å². The molecule has 112 valence electrons. The molecular formula is C14H19Cl2NO3. The summed E-state index contributed by atoms with van der Waals surface area (Å²) in [6.07, 6.45) is 0.581. The predicted molar refractivity (Wildman–Crippen MR) is 79.8 cm³/mol. The number of benzene rings is 1. The monoisotopic (exact) mass is 319 g/mol. The number of halogens is 2. The van der Waals surface area contributed by atoms with Crippen molar-refractivity contribution in [2.24, 2.45) is 0 Å². The number of ether oxygens (including phenoxy) is 2. The van der Waals surface area contributed by atoms with Gasteiger partial charge in [0.2, 0.25) is 0 Å². The van der Waals surface area contributed by atoms with E-state index >= 15 is 0 Å². The van der Waals surface area contributed by atoms with Gasteiger partial charge in [0.15, 0.2) is 0 Å². The molecule has 0 radical (unpaired) electrons. The summed E-state index contributed by atoms with van der Waals surface area (Å²) in [5, 5.41) is 14.1. The molecule has 1 fully saturated rings. The van der Waals surface area contributed by atoms with Gasteiger partial charge in [-0.2, -0.15) is 0 Å². The maximum absolute atomic E-state index is 9.89. The first kappa shape index (κ1) is 15.9. The predicted octanol–water partition coefficient (Wildman–Crippen LogP) is 2.50. The molecule has 0 aromatic heterocycles. The van der Waals surface area contributed by atoms with Gasteiger partial charge in [0.25, 0.3) is 0 Å². The van der Waals surface area contributed by atoms with Crippen LogP contribution in [0.2, 0.25) is 10.0 Å². The second kappa shape index (κ2) is 7.48. The standard InChI is InChI=1S/C14H19Cl2NO3/c1-9-14(4-5-19-9)17-7-10(18)8-20-11-2-3-12(15)13(16)6-11/h2-3,6,9-10,14,17-18H,4-5,7-8H2,1H3. The van der Waals surface area contributed by atoms with E-state index in [0.29, 0.717) is 28.4 Å². The highest BCUT2D eigenvalue weighted by Crippen LogP contribution is 2.26. The van der Waals surface area contributed by atoms with Gasteiger partial charge in [-0.25, -0.2) is 0 Å². The molecule has 2 rings (SSSR count). The SMILES string of the molecule is CC1OCCC1NCC(O)COc1ccc(Cl)c(Cl)c1. The Kier molecular flexibility index (Phi) is 5.93. The Hall–Kier alpha value is -0.520. The molecule has 0 saturated carbocycles. The lowest BCUT2D eigenvalue weighted by molar-refractivity contribution is 0.0897. The second-order valence-electron chi connectivity index (χ2n) is 4.92. The van der Waals surface area contributed by atoms with Gasteiger partial charge in [0, 0.05) is 25.3 Å². The molecule has 0 bridgehead atoms. The van der Waals surface area contributed by atoms with Crippen molar-refractivity contribution in [1.29, 1.82) is 0 Å². The highest BCUT2D eigenvalue weighted by atomic mass is 35.5. The van der Waals surface area contributed by atoms with Crippen molar-refractivity contribution in [2.75, 3.05) is 19.8 Å². The lowest BCUT2D eigenvalue weighted by Gasteiger charge is -2.19. The van der Waals surface area contributed by atoms with Gasteiger partial charge in [-0.05, 0) is 25.5 Å². The van der Waals surface area contributed by atoms with Crippen molar-refractivity contribution >= 4 is 23.2 Å². The molecule has 1 aromatic carbocycles. The molecule has 3 atom stereocenters. The molecule has 1 aromatic rings. The highest BCUT2D eigenvalue weighted by molar-refractivity contribution is 6.42. The Morgan fingerprint density at radius 2 is 2.25 bits per heavy atom. The molecule has 0 amide bonds. The van der Waals surface area contributed by atoms with Crippen molar-refractivity contribution < 1.29 is 14.6 Å². The van der Waals surface area contributed by atoms with Gasteiger partial charge >= 0.3 is 0 Å². The molecule has 4 nitrogen and oxygen atoms in total. The zero-order valence-corrected chi connectivity index (χ0v) is 12.8. The zero-order chi connectivity index (χ0) is 14.5. The third-order valence-electron chi connectivity index (χ3n) is 3.33. The van der Waals surface area contributed by atoms with Crippen LogP contribution in [0.15, 0.2) is 18.2 Å². The molecule has 0 aliphatic carbocycles. The van der Waals surface area contributed by atoms with Gasteiger partial charge in [0.05, 0.1) is 16.1 Å². The molecule has 1 aliphatic rings. The first-order valence-electron chi connectivity index (χ1n) is 6.67. The molecule has 1 aliphatic heterocycles. The molecule has 20 heavy (non-hydrogen) atoms. The first-order valence-corrected chi connectivity index (χ1v) is 7.42. The van der Waals surface area contributed by atoms with E-state index in [4.69, 9.17) is 32.7 Å². The number of hydrogen-bond donors (Lipinski definition) is 2. The molecule has 6 heteroatoms. The Bertz CT molecular complexity index is 444. The number of aliphatic hydroxyl groups is 1. The summed E-state index contributed by atoms with van der Waals surface area (Å²) < 4.78 is 10.9. The average Bonchev–Trinajstić information content (AvgIpc) is 2.83. The maximum atomic E-state index is 9.89. The fraction of sp³-hybridized carbons (Fsp3) is 0.571. The van der Waals surface area contributed by atoms with Crippen LogP contribution in [0.25, 0.3) is 0 Å². The summed E-state index contributed by atoms with van der Waals surface area (Å²) in [6.45, 7) is 3.48. The van der Waals surface area contributed by atoms with E-state index in [1.54, 1.807) is 18.2 Å². The summed E-state index contributed by atoms with van der Waals surface area (Å²) >= 11 is 11.7. The fourth-order valence-electron chi connectivity index (χ4n) is 2.11. The Balaban J connectivity index is 1.71. The normalized spacial score (nSPS) is 23.8. The highest BCUT2D eigenvalue weighted by Gasteiger charge is 2.24. The minimum atomic E-state index is -0.586. The molecule has 3 unspecified atom stereocenters. The Labute approximate surface area is 129 Å². The quantitative estimate of drug-likeness (QED) is 0.846. The van der Waals surface area contributed by atoms with Gasteiger partial charge in [-0.3, -0.25) is 0 Å². The Morgan fingerprint density at radius 1 is 1.45 bits per heavy atom. The van der Waals surface area contributed by atoms with Crippen molar-refractivity contribution in [3.8, 4) is 5.75 Å². The lowest BCUT2D eigenvalue weighted by atomic mass is 10.1. The first-order chi connectivity index (χ1) is 9.56. The minimum Gasteiger partial charge on any atom is -0.491 e. The van der Waals surface area contributed by atoms with E-state index in [1.807, 2.05) is 6.92 Å². The van der Waals surface area contributed by atoms with Crippen LogP contribution < -0.4 is 10.1 Å². The van der Waals surface area contributed by atoms with Crippen LogP contribution in [0.1, 0.15) is 13.3 Å². The van der Waals surface area contributed by atoms with Crippen LogP contribution in [0.5, 0.6) is 5.75 Å². The van der Waals surface area contributed by atoms with E-state index in [2.05, 4.69) is 5.32 Å². The summed E-state index contributed by atoms with van der Waals surface area (Å²) in [5.74, 6) is 0.594. The number of nitrogens with one attached hydrogen (secondary N) is 1. The van der Waals surface area contributed by atoms with Crippen LogP contribution in [0.4, 0.5) is 0 Å². The van der Waals surface area contributed by atoms with Crippen molar-refractivity contribution in [3.63, 3.8) is 0 Å². The average molecular weight is 320 g/mol. The third kappa shape index (κ3) is 4.50. The minimum absolute atomic E-state index is 0.193. The van der Waals surface area contributed by atoms with E-state index in [-0.39, 0.29) is 12.7 Å². The molecule has 1 heterocycles. The number of hydrogen-bond acceptors (Lipinski definition) is 4. The summed E-state index contributed by atoms with van der Waals surface area (Å²) in [4.78, 5) is 0. The van der Waals surface area contributed by atoms with Crippen molar-refractivity contribution in [1.82, 2.24) is 5.32 Å². The zero-order valence-electron chi connectivity index (χ0n) is 11.3. The van der Waals surface area contributed by atoms with E-state index < -0.39 is 6.10 Å². The molecule has 1 saturated heterocycles. The van der Waals surface area contributed by atoms with Crippen LogP contribution in [0, 0.1) is 0 Å². The van der Waals surface area contributed by atoms with Crippen molar-refractivity contribution in [2.45, 2.75) is 31.6 Å². The van der Waals surface area contributed by atoms with E-state index in [0.717, 1.165) is 13.0 Å². The molecular weight excluding hydrogens is 301 g/mol. The molecule has 2 N–H and O–H groups in total. The van der Waals surface area contributed by atoms with E-state index in [1.165, 1.54) is 0 Å². The Morgan fingerprint density at radius 3 is 2.90 bits per heavy atom. The third-order valence-corrected chi connectivity index (χ3v) is 4.06. The lowest BCUT2D eigenvalue weighted by Crippen LogP contribution is -2.41. The van der Waals surface area contributed by atoms with Gasteiger partial charge in [-0.1, -0.05) is 23.2 Å². The second-order valence-corrected chi connectivity index (χ2v) is 5.73. The van der Waals surface area contributed by atoms with Gasteiger partial charge in [-0.15, -0.1) is 0 Å². The smallest absolute Gasteiger partial charge is 0.121 e. The fourth-order valence-corrected chi connectivity index (χ4v) is 2.39. The van der Waals surface area contributed by atoms with Crippen LogP contribution in [-0.2, 0) is 4.74 Å². The number of rotatable bonds is 6. The van der Waals surface area contributed by atoms with E-state index in [9.17, 15) is 5.11 Å². The van der Waals surface area contributed by atoms with Crippen LogP contribution in [-0.4, -0.2) is 43.1 Å². The van der Waals surface area contributed by atoms with Gasteiger partial charge < -0.3 is 19.9 Å². The summed E-state index contributed by atoms with van der Waals surface area (Å²) in [7, 11) is 0. The number of aliphatic hydroxyl groups excluding tert-OH is 1. The summed E-state index contributed by atoms with van der Waals surface area (Å²) in [6, 6.07) is 5.33. The van der Waals surface area contributed by atoms with Crippen molar-refractivity contribution in [3.05, 3.63) is 28.2 Å². The summed E-state index contributed by atoms with van der Waals surface area (Å²) in [5.41, 5.74) is 0.